The molecular formula is C12H9N2O4S2-. The molecule has 0 amide bonds. The van der Waals surface area contributed by atoms with Gasteiger partial charge in [-0.25, -0.2) is 14.8 Å². The summed E-state index contributed by atoms with van der Waals surface area (Å²) in [6, 6.07) is 7.14. The first kappa shape index (κ1) is 14.6. The normalized spacial score (nSPS) is 10.6. The molecule has 0 aliphatic heterocycles. The molecule has 0 fully saturated rings. The van der Waals surface area contributed by atoms with Gasteiger partial charge in [0.1, 0.15) is 5.03 Å². The lowest BCUT2D eigenvalue weighted by atomic mass is 10.3. The van der Waals surface area contributed by atoms with Crippen LogP contribution in [0, 0.1) is 0 Å². The zero-order chi connectivity index (χ0) is 14.5. The Hall–Kier alpha value is -1.80. The number of thioether (sulfide) groups is 2. The van der Waals surface area contributed by atoms with Crippen LogP contribution in [0.25, 0.3) is 11.0 Å². The largest absolute Gasteiger partial charge is 0.549 e. The van der Waals surface area contributed by atoms with E-state index in [4.69, 9.17) is 5.11 Å². The first-order chi connectivity index (χ1) is 9.56. The highest BCUT2D eigenvalue weighted by Crippen LogP contribution is 2.25. The van der Waals surface area contributed by atoms with Crippen LogP contribution in [-0.2, 0) is 10.5 Å². The average Bonchev–Trinajstić information content (AvgIpc) is 2.42. The number of hydrogen-bond acceptors (Lipinski definition) is 7. The SMILES string of the molecule is O=C([O-])CSc1nc2ccccc2nc1CSC(=O)O. The maximum absolute atomic E-state index is 10.6. The van der Waals surface area contributed by atoms with E-state index < -0.39 is 11.3 Å². The van der Waals surface area contributed by atoms with Crippen molar-refractivity contribution in [3.05, 3.63) is 30.0 Å². The second-order valence-electron chi connectivity index (χ2n) is 3.68. The molecule has 0 radical (unpaired) electrons. The number of carboxylic acids is 1. The topological polar surface area (TPSA) is 103 Å². The number of carbonyl (C=O) groups is 2. The van der Waals surface area contributed by atoms with Gasteiger partial charge in [0, 0.05) is 11.5 Å². The first-order valence-corrected chi connectivity index (χ1v) is 7.47. The molecule has 0 aliphatic carbocycles. The van der Waals surface area contributed by atoms with Crippen LogP contribution in [0.4, 0.5) is 4.79 Å². The fourth-order valence-corrected chi connectivity index (χ4v) is 2.74. The van der Waals surface area contributed by atoms with E-state index in [1.54, 1.807) is 24.3 Å². The Labute approximate surface area is 122 Å². The van der Waals surface area contributed by atoms with Crippen molar-refractivity contribution in [1.82, 2.24) is 9.97 Å². The summed E-state index contributed by atoms with van der Waals surface area (Å²) >= 11 is 1.66. The van der Waals surface area contributed by atoms with E-state index in [9.17, 15) is 14.7 Å². The minimum absolute atomic E-state index is 0.128. The summed E-state index contributed by atoms with van der Waals surface area (Å²) in [6.45, 7) is 0. The molecule has 6 nitrogen and oxygen atoms in total. The predicted molar refractivity (Wildman–Crippen MR) is 74.6 cm³/mol. The van der Waals surface area contributed by atoms with E-state index in [1.165, 1.54) is 0 Å². The van der Waals surface area contributed by atoms with Crippen LogP contribution in [0.5, 0.6) is 0 Å². The molecule has 0 saturated carbocycles. The van der Waals surface area contributed by atoms with Gasteiger partial charge in [-0.1, -0.05) is 23.9 Å². The van der Waals surface area contributed by atoms with Crippen molar-refractivity contribution in [3.8, 4) is 0 Å². The van der Waals surface area contributed by atoms with E-state index >= 15 is 0 Å². The van der Waals surface area contributed by atoms with Crippen LogP contribution in [0.3, 0.4) is 0 Å². The van der Waals surface area contributed by atoms with Gasteiger partial charge in [0.25, 0.3) is 0 Å². The van der Waals surface area contributed by atoms with Crippen LogP contribution in [0.1, 0.15) is 5.69 Å². The molecule has 2 aromatic rings. The monoisotopic (exact) mass is 309 g/mol. The summed E-state index contributed by atoms with van der Waals surface area (Å²) in [5.41, 5.74) is 1.74. The van der Waals surface area contributed by atoms with Crippen molar-refractivity contribution in [3.63, 3.8) is 0 Å². The molecule has 1 aromatic carbocycles. The fourth-order valence-electron chi connectivity index (χ4n) is 1.49. The van der Waals surface area contributed by atoms with Gasteiger partial charge in [0.05, 0.1) is 22.7 Å². The molecular weight excluding hydrogens is 300 g/mol. The summed E-state index contributed by atoms with van der Waals surface area (Å²) in [4.78, 5) is 29.8. The highest BCUT2D eigenvalue weighted by molar-refractivity contribution is 8.12. The lowest BCUT2D eigenvalue weighted by Gasteiger charge is -2.08. The zero-order valence-corrected chi connectivity index (χ0v) is 11.7. The minimum Gasteiger partial charge on any atom is -0.549 e. The van der Waals surface area contributed by atoms with E-state index in [0.717, 1.165) is 11.8 Å². The van der Waals surface area contributed by atoms with E-state index in [0.29, 0.717) is 33.5 Å². The van der Waals surface area contributed by atoms with Crippen LogP contribution >= 0.6 is 23.5 Å². The van der Waals surface area contributed by atoms with Gasteiger partial charge in [-0.2, -0.15) is 0 Å². The maximum atomic E-state index is 10.6. The molecule has 0 spiro atoms. The average molecular weight is 309 g/mol. The fraction of sp³-hybridized carbons (Fsp3) is 0.167. The second kappa shape index (κ2) is 6.58. The second-order valence-corrected chi connectivity index (χ2v) is 5.57. The summed E-state index contributed by atoms with van der Waals surface area (Å²) in [7, 11) is 0. The number of aromatic nitrogens is 2. The lowest BCUT2D eigenvalue weighted by molar-refractivity contribution is -0.301. The van der Waals surface area contributed by atoms with Gasteiger partial charge in [-0.05, 0) is 23.9 Å². The van der Waals surface area contributed by atoms with Crippen LogP contribution in [-0.4, -0.2) is 32.1 Å². The maximum Gasteiger partial charge on any atom is 0.365 e. The number of aliphatic carboxylic acids is 1. The minimum atomic E-state index is -1.21. The van der Waals surface area contributed by atoms with Crippen molar-refractivity contribution in [2.24, 2.45) is 0 Å². The summed E-state index contributed by atoms with van der Waals surface area (Å²) in [5, 5.41) is 18.6. The van der Waals surface area contributed by atoms with Crippen molar-refractivity contribution in [2.45, 2.75) is 10.8 Å². The number of nitrogens with zero attached hydrogens (tertiary/aromatic N) is 2. The van der Waals surface area contributed by atoms with Gasteiger partial charge < -0.3 is 15.0 Å². The van der Waals surface area contributed by atoms with E-state index in [1.807, 2.05) is 0 Å². The number of benzene rings is 1. The Kier molecular flexibility index (Phi) is 4.80. The van der Waals surface area contributed by atoms with Crippen molar-refractivity contribution in [2.75, 3.05) is 5.75 Å². The third-order valence-corrected chi connectivity index (χ3v) is 3.91. The molecule has 2 rings (SSSR count). The van der Waals surface area contributed by atoms with Gasteiger partial charge in [0.2, 0.25) is 0 Å². The Bertz CT molecular complexity index is 606. The number of rotatable bonds is 5. The summed E-state index contributed by atoms with van der Waals surface area (Å²) < 4.78 is 0. The molecule has 1 heterocycles. The van der Waals surface area contributed by atoms with Gasteiger partial charge in [-0.15, -0.1) is 0 Å². The molecule has 0 atom stereocenters. The van der Waals surface area contributed by atoms with Gasteiger partial charge >= 0.3 is 5.30 Å². The lowest BCUT2D eigenvalue weighted by Crippen LogP contribution is -2.24. The summed E-state index contributed by atoms with van der Waals surface area (Å²) in [6.07, 6.45) is 0. The highest BCUT2D eigenvalue weighted by atomic mass is 32.2. The third-order valence-electron chi connectivity index (χ3n) is 2.27. The van der Waals surface area contributed by atoms with E-state index in [2.05, 4.69) is 9.97 Å². The van der Waals surface area contributed by atoms with Gasteiger partial charge in [-0.3, -0.25) is 0 Å². The van der Waals surface area contributed by atoms with Crippen LogP contribution in [0.2, 0.25) is 0 Å². The number of hydrogen-bond donors (Lipinski definition) is 1. The Balaban J connectivity index is 2.35. The molecule has 0 aliphatic rings. The van der Waals surface area contributed by atoms with Crippen LogP contribution < -0.4 is 5.11 Å². The third kappa shape index (κ3) is 3.84. The molecule has 0 saturated heterocycles. The van der Waals surface area contributed by atoms with Crippen molar-refractivity contribution >= 4 is 45.8 Å². The molecule has 0 bridgehead atoms. The molecule has 0 unspecified atom stereocenters. The molecule has 8 heteroatoms. The van der Waals surface area contributed by atoms with E-state index in [-0.39, 0.29) is 11.5 Å². The highest BCUT2D eigenvalue weighted by Gasteiger charge is 2.11. The molecule has 104 valence electrons. The first-order valence-electron chi connectivity index (χ1n) is 5.50. The predicted octanol–water partition coefficient (Wildman–Crippen LogP) is 1.38. The van der Waals surface area contributed by atoms with Gasteiger partial charge in [0.15, 0.2) is 0 Å². The van der Waals surface area contributed by atoms with Crippen molar-refractivity contribution < 1.29 is 19.8 Å². The molecule has 20 heavy (non-hydrogen) atoms. The number of para-hydroxylation sites is 2. The van der Waals surface area contributed by atoms with Crippen LogP contribution in [0.15, 0.2) is 29.3 Å². The Morgan fingerprint density at radius 1 is 1.20 bits per heavy atom. The number of carboxylic acid groups (broad SMARTS) is 2. The smallest absolute Gasteiger partial charge is 0.365 e. The Morgan fingerprint density at radius 3 is 2.45 bits per heavy atom. The van der Waals surface area contributed by atoms with Crippen molar-refractivity contribution in [1.29, 1.82) is 0 Å². The molecule has 1 N–H and O–H groups in total. The zero-order valence-electron chi connectivity index (χ0n) is 10.1. The standard InChI is InChI=1S/C12H10N2O4S2/c15-10(16)6-19-11-9(5-20-12(17)18)13-7-3-1-2-4-8(7)14-11/h1-4H,5-6H2,(H,15,16)(H,17,18)/p-1. The number of fused-ring (bicyclic) bond motifs is 1. The Morgan fingerprint density at radius 2 is 1.85 bits per heavy atom. The number of carbonyl (C=O) groups excluding carboxylic acids is 1. The quantitative estimate of drug-likeness (QED) is 0.826. The summed E-state index contributed by atoms with van der Waals surface area (Å²) in [5.74, 6) is -1.33. The molecule has 1 aromatic heterocycles.